The van der Waals surface area contributed by atoms with E-state index in [1.54, 1.807) is 0 Å². The number of hydrogen-bond donors (Lipinski definition) is 1. The van der Waals surface area contributed by atoms with Crippen LogP contribution in [-0.4, -0.2) is 50.9 Å². The van der Waals surface area contributed by atoms with Gasteiger partial charge in [-0.05, 0) is 43.3 Å². The zero-order valence-electron chi connectivity index (χ0n) is 15.3. The Labute approximate surface area is 155 Å². The van der Waals surface area contributed by atoms with Crippen LogP contribution in [0.2, 0.25) is 0 Å². The second-order valence-electron chi connectivity index (χ2n) is 6.66. The number of hydrogen-bond acceptors (Lipinski definition) is 3. The van der Waals surface area contributed by atoms with Crippen LogP contribution in [0.1, 0.15) is 23.7 Å². The van der Waals surface area contributed by atoms with Gasteiger partial charge in [-0.15, -0.1) is 0 Å². The zero-order valence-corrected chi connectivity index (χ0v) is 16.1. The summed E-state index contributed by atoms with van der Waals surface area (Å²) in [6.07, 6.45) is 3.18. The first-order valence-corrected chi connectivity index (χ1v) is 9.32. The molecule has 1 aromatic carbocycles. The molecule has 2 heterocycles. The fourth-order valence-corrected chi connectivity index (χ4v) is 3.48. The van der Waals surface area contributed by atoms with Gasteiger partial charge in [0.25, 0.3) is 0 Å². The second kappa shape index (κ2) is 7.97. The summed E-state index contributed by atoms with van der Waals surface area (Å²) < 4.78 is 1.89. The Morgan fingerprint density at radius 3 is 2.40 bits per heavy atom. The molecule has 1 aliphatic rings. The van der Waals surface area contributed by atoms with Crippen molar-refractivity contribution < 1.29 is 0 Å². The topological polar surface area (TPSA) is 36.3 Å². The lowest BCUT2D eigenvalue weighted by Crippen LogP contribution is -2.49. The molecule has 1 saturated heterocycles. The van der Waals surface area contributed by atoms with Crippen molar-refractivity contribution in [3.05, 3.63) is 47.3 Å². The largest absolute Gasteiger partial charge is 0.346 e. The van der Waals surface area contributed by atoms with Gasteiger partial charge in [0.05, 0.1) is 5.69 Å². The minimum Gasteiger partial charge on any atom is -0.346 e. The van der Waals surface area contributed by atoms with Gasteiger partial charge in [0.1, 0.15) is 0 Å². The predicted octanol–water partition coefficient (Wildman–Crippen LogP) is 2.81. The molecule has 0 aliphatic carbocycles. The Morgan fingerprint density at radius 1 is 1.16 bits per heavy atom. The van der Waals surface area contributed by atoms with Crippen LogP contribution in [-0.2, 0) is 20.0 Å². The zero-order chi connectivity index (χ0) is 17.8. The van der Waals surface area contributed by atoms with Crippen molar-refractivity contribution in [3.8, 4) is 0 Å². The SMILES string of the molecule is CCc1ccc(NC(=S)N2CCN(Cc3cn(C)nc3C)CC2)cc1. The number of nitrogens with one attached hydrogen (secondary N) is 1. The van der Waals surface area contributed by atoms with Crippen LogP contribution in [0.15, 0.2) is 30.5 Å². The molecule has 25 heavy (non-hydrogen) atoms. The first-order valence-electron chi connectivity index (χ1n) is 8.91. The Morgan fingerprint density at radius 2 is 1.84 bits per heavy atom. The Hall–Kier alpha value is -1.92. The highest BCUT2D eigenvalue weighted by Gasteiger charge is 2.20. The summed E-state index contributed by atoms with van der Waals surface area (Å²) in [6, 6.07) is 8.51. The van der Waals surface area contributed by atoms with Crippen molar-refractivity contribution >= 4 is 23.0 Å². The first-order chi connectivity index (χ1) is 12.0. The van der Waals surface area contributed by atoms with E-state index in [1.807, 2.05) is 11.7 Å². The third kappa shape index (κ3) is 4.58. The molecule has 1 fully saturated rings. The fraction of sp³-hybridized carbons (Fsp3) is 0.474. The Kier molecular flexibility index (Phi) is 5.71. The van der Waals surface area contributed by atoms with Crippen LogP contribution >= 0.6 is 12.2 Å². The van der Waals surface area contributed by atoms with E-state index in [2.05, 4.69) is 64.5 Å². The van der Waals surface area contributed by atoms with E-state index in [-0.39, 0.29) is 0 Å². The molecule has 3 rings (SSSR count). The molecule has 1 aromatic heterocycles. The molecule has 1 N–H and O–H groups in total. The van der Waals surface area contributed by atoms with Crippen LogP contribution in [0, 0.1) is 6.92 Å². The molecule has 0 spiro atoms. The summed E-state index contributed by atoms with van der Waals surface area (Å²) in [6.45, 7) is 9.16. The molecule has 0 amide bonds. The highest BCUT2D eigenvalue weighted by molar-refractivity contribution is 7.80. The van der Waals surface area contributed by atoms with Gasteiger partial charge >= 0.3 is 0 Å². The van der Waals surface area contributed by atoms with Gasteiger partial charge in [-0.1, -0.05) is 19.1 Å². The first kappa shape index (κ1) is 17.9. The number of piperazine rings is 1. The molecule has 0 radical (unpaired) electrons. The second-order valence-corrected chi connectivity index (χ2v) is 7.04. The monoisotopic (exact) mass is 357 g/mol. The van der Waals surface area contributed by atoms with Gasteiger partial charge in [0.15, 0.2) is 5.11 Å². The summed E-state index contributed by atoms with van der Waals surface area (Å²) in [7, 11) is 1.98. The normalized spacial score (nSPS) is 15.4. The van der Waals surface area contributed by atoms with Crippen LogP contribution in [0.5, 0.6) is 0 Å². The molecule has 0 saturated carbocycles. The Bertz CT molecular complexity index is 714. The standard InChI is InChI=1S/C19H27N5S/c1-4-16-5-7-18(8-6-16)20-19(25)24-11-9-23(10-12-24)14-17-13-22(3)21-15(17)2/h5-8,13H,4,9-12,14H2,1-3H3,(H,20,25). The molecule has 5 nitrogen and oxygen atoms in total. The molecular formula is C19H27N5S. The summed E-state index contributed by atoms with van der Waals surface area (Å²) in [4.78, 5) is 4.73. The van der Waals surface area contributed by atoms with E-state index >= 15 is 0 Å². The third-order valence-corrected chi connectivity index (χ3v) is 5.14. The molecule has 0 bridgehead atoms. The summed E-state index contributed by atoms with van der Waals surface area (Å²) >= 11 is 5.59. The number of nitrogens with zero attached hydrogens (tertiary/aromatic N) is 4. The summed E-state index contributed by atoms with van der Waals surface area (Å²) in [5.74, 6) is 0. The van der Waals surface area contributed by atoms with E-state index in [9.17, 15) is 0 Å². The number of aromatic nitrogens is 2. The maximum Gasteiger partial charge on any atom is 0.173 e. The van der Waals surface area contributed by atoms with Crippen molar-refractivity contribution in [2.75, 3.05) is 31.5 Å². The number of benzene rings is 1. The molecule has 134 valence electrons. The lowest BCUT2D eigenvalue weighted by atomic mass is 10.1. The van der Waals surface area contributed by atoms with Crippen molar-refractivity contribution in [3.63, 3.8) is 0 Å². The number of anilines is 1. The smallest absolute Gasteiger partial charge is 0.173 e. The Balaban J connectivity index is 1.49. The highest BCUT2D eigenvalue weighted by atomic mass is 32.1. The quantitative estimate of drug-likeness (QED) is 0.852. The molecule has 0 atom stereocenters. The van der Waals surface area contributed by atoms with E-state index < -0.39 is 0 Å². The maximum atomic E-state index is 5.59. The molecular weight excluding hydrogens is 330 g/mol. The van der Waals surface area contributed by atoms with Gasteiger partial charge in [0.2, 0.25) is 0 Å². The van der Waals surface area contributed by atoms with E-state index in [0.717, 1.165) is 55.6 Å². The summed E-state index contributed by atoms with van der Waals surface area (Å²) in [5.41, 5.74) is 4.84. The van der Waals surface area contributed by atoms with Gasteiger partial charge in [-0.3, -0.25) is 9.58 Å². The molecule has 2 aromatic rings. The average Bonchev–Trinajstić information content (AvgIpc) is 2.93. The lowest BCUT2D eigenvalue weighted by molar-refractivity contribution is 0.176. The van der Waals surface area contributed by atoms with Crippen LogP contribution < -0.4 is 5.32 Å². The van der Waals surface area contributed by atoms with Crippen molar-refractivity contribution in [1.29, 1.82) is 0 Å². The fourth-order valence-electron chi connectivity index (χ4n) is 3.18. The van der Waals surface area contributed by atoms with E-state index in [4.69, 9.17) is 12.2 Å². The highest BCUT2D eigenvalue weighted by Crippen LogP contribution is 2.14. The number of thiocarbonyl (C=S) groups is 1. The molecule has 6 heteroatoms. The average molecular weight is 358 g/mol. The van der Waals surface area contributed by atoms with Gasteiger partial charge in [-0.2, -0.15) is 5.10 Å². The van der Waals surface area contributed by atoms with E-state index in [1.165, 1.54) is 11.1 Å². The number of rotatable bonds is 4. The van der Waals surface area contributed by atoms with Crippen molar-refractivity contribution in [1.82, 2.24) is 19.6 Å². The van der Waals surface area contributed by atoms with E-state index in [0.29, 0.717) is 0 Å². The van der Waals surface area contributed by atoms with Crippen LogP contribution in [0.25, 0.3) is 0 Å². The van der Waals surface area contributed by atoms with Crippen molar-refractivity contribution in [2.24, 2.45) is 7.05 Å². The third-order valence-electron chi connectivity index (χ3n) is 4.78. The predicted molar refractivity (Wildman–Crippen MR) is 107 cm³/mol. The maximum absolute atomic E-state index is 5.59. The minimum atomic E-state index is 0.821. The molecule has 0 unspecified atom stereocenters. The minimum absolute atomic E-state index is 0.821. The summed E-state index contributed by atoms with van der Waals surface area (Å²) in [5, 5.41) is 8.61. The van der Waals surface area contributed by atoms with Crippen LogP contribution in [0.3, 0.4) is 0 Å². The van der Waals surface area contributed by atoms with Gasteiger partial charge < -0.3 is 10.2 Å². The van der Waals surface area contributed by atoms with Crippen molar-refractivity contribution in [2.45, 2.75) is 26.8 Å². The van der Waals surface area contributed by atoms with Gasteiger partial charge in [0, 0.05) is 57.2 Å². The number of aryl methyl sites for hydroxylation is 3. The lowest BCUT2D eigenvalue weighted by Gasteiger charge is -2.36. The van der Waals surface area contributed by atoms with Crippen LogP contribution in [0.4, 0.5) is 5.69 Å². The molecule has 1 aliphatic heterocycles. The van der Waals surface area contributed by atoms with Gasteiger partial charge in [-0.25, -0.2) is 0 Å².